The van der Waals surface area contributed by atoms with Gasteiger partial charge in [0, 0.05) is 29.9 Å². The minimum atomic E-state index is -0.743. The zero-order valence-corrected chi connectivity index (χ0v) is 23.6. The molecule has 214 valence electrons. The molecule has 5 rings (SSSR count). The maximum atomic E-state index is 14.9. The van der Waals surface area contributed by atoms with E-state index in [0.29, 0.717) is 17.2 Å². The molecule has 1 heterocycles. The molecule has 6 nitrogen and oxygen atoms in total. The Hall–Kier alpha value is -4.98. The second-order valence-corrected chi connectivity index (χ2v) is 10.7. The second kappa shape index (κ2) is 12.3. The monoisotopic (exact) mass is 567 g/mol. The first-order valence-corrected chi connectivity index (χ1v) is 13.5. The minimum absolute atomic E-state index is 0.0651. The highest BCUT2D eigenvalue weighted by atomic mass is 19.1. The van der Waals surface area contributed by atoms with Gasteiger partial charge in [0.2, 0.25) is 0 Å². The van der Waals surface area contributed by atoms with Crippen molar-refractivity contribution in [1.29, 1.82) is 0 Å². The number of hydrogen-bond acceptors (Lipinski definition) is 5. The first-order valence-electron chi connectivity index (χ1n) is 13.5. The van der Waals surface area contributed by atoms with Gasteiger partial charge in [-0.15, -0.1) is 5.10 Å². The molecule has 0 unspecified atom stereocenters. The third-order valence-electron chi connectivity index (χ3n) is 6.33. The third kappa shape index (κ3) is 7.01. The van der Waals surface area contributed by atoms with E-state index in [1.165, 1.54) is 22.9 Å². The van der Waals surface area contributed by atoms with Crippen LogP contribution in [0.2, 0.25) is 0 Å². The summed E-state index contributed by atoms with van der Waals surface area (Å²) in [5, 5.41) is 4.67. The van der Waals surface area contributed by atoms with E-state index in [-0.39, 0.29) is 24.7 Å². The Balaban J connectivity index is 1.58. The first kappa shape index (κ1) is 28.5. The van der Waals surface area contributed by atoms with E-state index < -0.39 is 17.5 Å². The molecule has 4 aromatic carbocycles. The molecule has 0 atom stereocenters. The van der Waals surface area contributed by atoms with E-state index in [4.69, 9.17) is 9.47 Å². The van der Waals surface area contributed by atoms with Gasteiger partial charge in [-0.25, -0.2) is 13.6 Å². The number of aromatic nitrogens is 2. The molecule has 0 bridgehead atoms. The predicted octanol–water partition coefficient (Wildman–Crippen LogP) is 8.53. The molecule has 1 aromatic heterocycles. The highest BCUT2D eigenvalue weighted by Gasteiger charge is 2.25. The normalized spacial score (nSPS) is 11.3. The summed E-state index contributed by atoms with van der Waals surface area (Å²) in [6.45, 7) is 5.80. The molecule has 0 spiro atoms. The summed E-state index contributed by atoms with van der Waals surface area (Å²) in [4.78, 5) is 15.1. The Bertz CT molecular complexity index is 1650. The summed E-state index contributed by atoms with van der Waals surface area (Å²) >= 11 is 0. The van der Waals surface area contributed by atoms with Gasteiger partial charge in [-0.05, 0) is 56.2 Å². The Morgan fingerprint density at radius 3 is 2.17 bits per heavy atom. The van der Waals surface area contributed by atoms with Crippen LogP contribution in [-0.4, -0.2) is 21.5 Å². The van der Waals surface area contributed by atoms with E-state index in [0.717, 1.165) is 16.7 Å². The van der Waals surface area contributed by atoms with Crippen molar-refractivity contribution in [1.82, 2.24) is 9.78 Å². The van der Waals surface area contributed by atoms with Crippen molar-refractivity contribution in [3.05, 3.63) is 132 Å². The molecule has 0 aliphatic rings. The average molecular weight is 568 g/mol. The van der Waals surface area contributed by atoms with Crippen LogP contribution < -0.4 is 9.64 Å². The molecule has 8 heteroatoms. The average Bonchev–Trinajstić information content (AvgIpc) is 3.42. The highest BCUT2D eigenvalue weighted by molar-refractivity contribution is 5.80. The van der Waals surface area contributed by atoms with Crippen LogP contribution in [0.25, 0.3) is 11.3 Å². The Morgan fingerprint density at radius 2 is 1.50 bits per heavy atom. The van der Waals surface area contributed by atoms with E-state index in [1.807, 2.05) is 65.6 Å². The van der Waals surface area contributed by atoms with Gasteiger partial charge in [0.15, 0.2) is 17.4 Å². The van der Waals surface area contributed by atoms with Gasteiger partial charge in [0.25, 0.3) is 0 Å². The number of anilines is 2. The molecule has 0 aliphatic carbocycles. The van der Waals surface area contributed by atoms with Crippen molar-refractivity contribution >= 4 is 17.6 Å². The zero-order chi connectivity index (χ0) is 29.7. The fourth-order valence-electron chi connectivity index (χ4n) is 4.34. The standard InChI is InChI=1S/C34H31F2N3O3/c1-34(2,3)42-33(40)39-30(26-12-8-5-9-13-26)21-32(37-39)38(22-24-14-16-27(35)17-15-24)28-18-19-29(36)31(20-28)41-23-25-10-6-4-7-11-25/h4-21H,22-23H2,1-3H3. The second-order valence-electron chi connectivity index (χ2n) is 10.7. The van der Waals surface area contributed by atoms with Gasteiger partial charge >= 0.3 is 6.09 Å². The number of halogens is 2. The summed E-state index contributed by atoms with van der Waals surface area (Å²) < 4.78 is 41.4. The molecular weight excluding hydrogens is 536 g/mol. The SMILES string of the molecule is CC(C)(C)OC(=O)n1nc(N(Cc2ccc(F)cc2)c2ccc(F)c(OCc3ccccc3)c2)cc1-c1ccccc1. The summed E-state index contributed by atoms with van der Waals surface area (Å²) in [5.74, 6) is -0.398. The summed E-state index contributed by atoms with van der Waals surface area (Å²) in [6, 6.07) is 31.3. The minimum Gasteiger partial charge on any atom is -0.486 e. The smallest absolute Gasteiger partial charge is 0.435 e. The van der Waals surface area contributed by atoms with Gasteiger partial charge in [0.1, 0.15) is 18.0 Å². The van der Waals surface area contributed by atoms with Gasteiger partial charge < -0.3 is 14.4 Å². The van der Waals surface area contributed by atoms with Gasteiger partial charge in [0.05, 0.1) is 5.69 Å². The first-order chi connectivity index (χ1) is 20.2. The predicted molar refractivity (Wildman–Crippen MR) is 159 cm³/mol. The van der Waals surface area contributed by atoms with Crippen molar-refractivity contribution in [3.63, 3.8) is 0 Å². The number of ether oxygens (including phenoxy) is 2. The van der Waals surface area contributed by atoms with Crippen molar-refractivity contribution in [2.75, 3.05) is 4.90 Å². The van der Waals surface area contributed by atoms with Crippen LogP contribution in [0.15, 0.2) is 109 Å². The van der Waals surface area contributed by atoms with Crippen molar-refractivity contribution < 1.29 is 23.0 Å². The zero-order valence-electron chi connectivity index (χ0n) is 23.6. The fourth-order valence-corrected chi connectivity index (χ4v) is 4.34. The molecule has 0 aliphatic heterocycles. The van der Waals surface area contributed by atoms with Crippen LogP contribution in [0, 0.1) is 11.6 Å². The van der Waals surface area contributed by atoms with Crippen LogP contribution in [0.4, 0.5) is 25.1 Å². The van der Waals surface area contributed by atoms with Crippen molar-refractivity contribution in [2.24, 2.45) is 0 Å². The molecule has 5 aromatic rings. The maximum Gasteiger partial charge on any atom is 0.435 e. The summed E-state index contributed by atoms with van der Waals surface area (Å²) in [5.41, 5.74) is 2.78. The molecule has 42 heavy (non-hydrogen) atoms. The number of nitrogens with zero attached hydrogens (tertiary/aromatic N) is 3. The Labute approximate surface area is 243 Å². The molecule has 0 amide bonds. The molecule has 0 saturated carbocycles. The van der Waals surface area contributed by atoms with E-state index in [2.05, 4.69) is 5.10 Å². The largest absolute Gasteiger partial charge is 0.486 e. The van der Waals surface area contributed by atoms with Crippen molar-refractivity contribution in [2.45, 2.75) is 39.5 Å². The van der Waals surface area contributed by atoms with E-state index >= 15 is 0 Å². The lowest BCUT2D eigenvalue weighted by Gasteiger charge is -2.24. The van der Waals surface area contributed by atoms with Crippen LogP contribution in [0.5, 0.6) is 5.75 Å². The molecular formula is C34H31F2N3O3. The summed E-state index contributed by atoms with van der Waals surface area (Å²) in [6.07, 6.45) is -0.639. The number of rotatable bonds is 8. The number of carbonyl (C=O) groups is 1. The van der Waals surface area contributed by atoms with E-state index in [1.54, 1.807) is 51.1 Å². The Morgan fingerprint density at radius 1 is 0.833 bits per heavy atom. The topological polar surface area (TPSA) is 56.6 Å². The lowest BCUT2D eigenvalue weighted by Crippen LogP contribution is -2.28. The molecule has 0 radical (unpaired) electrons. The summed E-state index contributed by atoms with van der Waals surface area (Å²) in [7, 11) is 0. The van der Waals surface area contributed by atoms with Gasteiger partial charge in [-0.2, -0.15) is 4.68 Å². The van der Waals surface area contributed by atoms with Gasteiger partial charge in [-0.1, -0.05) is 72.8 Å². The van der Waals surface area contributed by atoms with Crippen LogP contribution in [0.3, 0.4) is 0 Å². The number of hydrogen-bond donors (Lipinski definition) is 0. The lowest BCUT2D eigenvalue weighted by molar-refractivity contribution is 0.0518. The highest BCUT2D eigenvalue weighted by Crippen LogP contribution is 2.34. The molecule has 0 N–H and O–H groups in total. The van der Waals surface area contributed by atoms with Crippen LogP contribution in [-0.2, 0) is 17.9 Å². The molecule has 0 fully saturated rings. The molecule has 0 saturated heterocycles. The van der Waals surface area contributed by atoms with Crippen molar-refractivity contribution in [3.8, 4) is 17.0 Å². The van der Waals surface area contributed by atoms with E-state index in [9.17, 15) is 13.6 Å². The Kier molecular flexibility index (Phi) is 8.33. The van der Waals surface area contributed by atoms with Crippen LogP contribution in [0.1, 0.15) is 31.9 Å². The van der Waals surface area contributed by atoms with Gasteiger partial charge in [-0.3, -0.25) is 0 Å². The lowest BCUT2D eigenvalue weighted by atomic mass is 10.1. The van der Waals surface area contributed by atoms with Crippen LogP contribution >= 0.6 is 0 Å². The quantitative estimate of drug-likeness (QED) is 0.188. The maximum absolute atomic E-state index is 14.9. The fraction of sp³-hybridized carbons (Fsp3) is 0.176. The number of benzene rings is 4. The number of carbonyl (C=O) groups excluding carboxylic acids is 1. The third-order valence-corrected chi connectivity index (χ3v) is 6.33.